The molecule has 0 radical (unpaired) electrons. The van der Waals surface area contributed by atoms with E-state index in [4.69, 9.17) is 11.6 Å². The van der Waals surface area contributed by atoms with Gasteiger partial charge in [0.1, 0.15) is 5.82 Å². The molecule has 104 valence electrons. The first-order valence-corrected chi connectivity index (χ1v) is 6.74. The summed E-state index contributed by atoms with van der Waals surface area (Å²) < 4.78 is 13.3. The average molecular weight is 286 g/mol. The van der Waals surface area contributed by atoms with Gasteiger partial charge in [-0.25, -0.2) is 4.39 Å². The number of carbonyl (C=O) groups is 1. The second kappa shape index (κ2) is 5.47. The van der Waals surface area contributed by atoms with E-state index in [1.165, 1.54) is 12.1 Å². The zero-order valence-electron chi connectivity index (χ0n) is 10.8. The Morgan fingerprint density at radius 1 is 1.53 bits per heavy atom. The monoisotopic (exact) mass is 285 g/mol. The normalized spacial score (nSPS) is 23.7. The van der Waals surface area contributed by atoms with E-state index in [1.54, 1.807) is 6.07 Å². The summed E-state index contributed by atoms with van der Waals surface area (Å²) >= 11 is 5.82. The first-order valence-electron chi connectivity index (χ1n) is 6.36. The van der Waals surface area contributed by atoms with Gasteiger partial charge in [-0.3, -0.25) is 9.69 Å². The van der Waals surface area contributed by atoms with E-state index in [2.05, 4.69) is 0 Å². The van der Waals surface area contributed by atoms with Crippen molar-refractivity contribution in [3.8, 4) is 0 Å². The molecule has 1 aliphatic heterocycles. The summed E-state index contributed by atoms with van der Waals surface area (Å²) in [6.07, 6.45) is 1.25. The number of likely N-dealkylation sites (tertiary alicyclic amines) is 1. The van der Waals surface area contributed by atoms with Gasteiger partial charge in [0, 0.05) is 18.1 Å². The lowest BCUT2D eigenvalue weighted by atomic mass is 9.84. The molecular formula is C14H17ClFNO2. The predicted molar refractivity (Wildman–Crippen MR) is 71.7 cm³/mol. The second-order valence-electron chi connectivity index (χ2n) is 5.18. The van der Waals surface area contributed by atoms with E-state index in [-0.39, 0.29) is 5.82 Å². The molecule has 5 heteroatoms. The zero-order chi connectivity index (χ0) is 14.0. The number of hydrogen-bond donors (Lipinski definition) is 1. The molecule has 0 aliphatic carbocycles. The van der Waals surface area contributed by atoms with E-state index in [9.17, 15) is 14.3 Å². The Morgan fingerprint density at radius 3 is 2.79 bits per heavy atom. The van der Waals surface area contributed by atoms with E-state index in [1.807, 2.05) is 11.8 Å². The van der Waals surface area contributed by atoms with Gasteiger partial charge in [0.2, 0.25) is 0 Å². The van der Waals surface area contributed by atoms with Crippen LogP contribution in [0.5, 0.6) is 0 Å². The van der Waals surface area contributed by atoms with Crippen molar-refractivity contribution in [2.24, 2.45) is 5.41 Å². The molecule has 19 heavy (non-hydrogen) atoms. The molecule has 1 heterocycles. The Balaban J connectivity index is 2.08. The molecule has 1 saturated heterocycles. The highest BCUT2D eigenvalue weighted by Crippen LogP contribution is 2.35. The molecule has 1 N–H and O–H groups in total. The number of benzene rings is 1. The Labute approximate surface area is 117 Å². The topological polar surface area (TPSA) is 40.5 Å². The van der Waals surface area contributed by atoms with E-state index >= 15 is 0 Å². The predicted octanol–water partition coefficient (Wildman–Crippen LogP) is 3.17. The fraction of sp³-hybridized carbons (Fsp3) is 0.500. The van der Waals surface area contributed by atoms with Crippen molar-refractivity contribution >= 4 is 17.6 Å². The van der Waals surface area contributed by atoms with Gasteiger partial charge >= 0.3 is 5.97 Å². The fourth-order valence-electron chi connectivity index (χ4n) is 2.67. The average Bonchev–Trinajstić information content (AvgIpc) is 2.72. The van der Waals surface area contributed by atoms with Gasteiger partial charge in [-0.1, -0.05) is 18.5 Å². The molecule has 3 nitrogen and oxygen atoms in total. The molecule has 1 aromatic carbocycles. The molecule has 0 aromatic heterocycles. The van der Waals surface area contributed by atoms with Gasteiger partial charge in [0.05, 0.1) is 5.41 Å². The molecule has 0 saturated carbocycles. The third-order valence-electron chi connectivity index (χ3n) is 3.89. The summed E-state index contributed by atoms with van der Waals surface area (Å²) in [7, 11) is 0. The van der Waals surface area contributed by atoms with Crippen molar-refractivity contribution in [3.05, 3.63) is 34.6 Å². The van der Waals surface area contributed by atoms with Crippen LogP contribution >= 0.6 is 11.6 Å². The summed E-state index contributed by atoms with van der Waals surface area (Å²) in [5, 5.41) is 9.70. The van der Waals surface area contributed by atoms with Crippen molar-refractivity contribution in [1.82, 2.24) is 4.90 Å². The molecule has 0 amide bonds. The number of halogens is 2. The third-order valence-corrected chi connectivity index (χ3v) is 4.11. The van der Waals surface area contributed by atoms with Crippen molar-refractivity contribution in [2.45, 2.75) is 26.3 Å². The van der Waals surface area contributed by atoms with Crippen LogP contribution in [0, 0.1) is 11.2 Å². The van der Waals surface area contributed by atoms with Crippen LogP contribution < -0.4 is 0 Å². The molecular weight excluding hydrogens is 269 g/mol. The summed E-state index contributed by atoms with van der Waals surface area (Å²) in [5.41, 5.74) is 0.124. The van der Waals surface area contributed by atoms with Crippen molar-refractivity contribution < 1.29 is 14.3 Å². The minimum atomic E-state index is -0.741. The molecule has 0 spiro atoms. The van der Waals surface area contributed by atoms with E-state index in [0.29, 0.717) is 37.5 Å². The van der Waals surface area contributed by atoms with E-state index < -0.39 is 11.4 Å². The maximum atomic E-state index is 13.3. The summed E-state index contributed by atoms with van der Waals surface area (Å²) in [4.78, 5) is 13.4. The maximum absolute atomic E-state index is 13.3. The molecule has 2 rings (SSSR count). The van der Waals surface area contributed by atoms with E-state index in [0.717, 1.165) is 5.56 Å². The number of nitrogens with zero attached hydrogens (tertiary/aromatic N) is 1. The minimum Gasteiger partial charge on any atom is -0.481 e. The first-order chi connectivity index (χ1) is 8.95. The first kappa shape index (κ1) is 14.3. The van der Waals surface area contributed by atoms with Crippen LogP contribution in [0.25, 0.3) is 0 Å². The number of hydrogen-bond acceptors (Lipinski definition) is 2. The van der Waals surface area contributed by atoms with Crippen molar-refractivity contribution in [3.63, 3.8) is 0 Å². The van der Waals surface area contributed by atoms with Crippen LogP contribution in [0.2, 0.25) is 5.02 Å². The van der Waals surface area contributed by atoms with Crippen LogP contribution in [-0.4, -0.2) is 29.1 Å². The highest BCUT2D eigenvalue weighted by atomic mass is 35.5. The molecule has 0 bridgehead atoms. The van der Waals surface area contributed by atoms with Crippen LogP contribution in [0.4, 0.5) is 4.39 Å². The quantitative estimate of drug-likeness (QED) is 0.924. The van der Waals surface area contributed by atoms with Crippen molar-refractivity contribution in [2.75, 3.05) is 13.1 Å². The third kappa shape index (κ3) is 3.07. The minimum absolute atomic E-state index is 0.360. The number of rotatable bonds is 4. The molecule has 1 unspecified atom stereocenters. The van der Waals surface area contributed by atoms with Crippen LogP contribution in [0.1, 0.15) is 25.3 Å². The molecule has 1 aromatic rings. The van der Waals surface area contributed by atoms with Gasteiger partial charge in [-0.15, -0.1) is 0 Å². The molecule has 1 atom stereocenters. The largest absolute Gasteiger partial charge is 0.481 e. The van der Waals surface area contributed by atoms with Gasteiger partial charge in [0.25, 0.3) is 0 Å². The standard InChI is InChI=1S/C14H17ClFNO2/c1-2-14(13(18)19)3-4-17(9-14)8-10-5-11(15)7-12(16)6-10/h5-7H,2-4,8-9H2,1H3,(H,18,19). The zero-order valence-corrected chi connectivity index (χ0v) is 11.6. The summed E-state index contributed by atoms with van der Waals surface area (Å²) in [6, 6.07) is 4.43. The van der Waals surface area contributed by atoms with Gasteiger partial charge in [-0.05, 0) is 43.1 Å². The Morgan fingerprint density at radius 2 is 2.26 bits per heavy atom. The lowest BCUT2D eigenvalue weighted by Crippen LogP contribution is -2.33. The summed E-state index contributed by atoms with van der Waals surface area (Å²) in [6.45, 7) is 3.66. The summed E-state index contributed by atoms with van der Waals surface area (Å²) in [5.74, 6) is -1.10. The molecule has 1 fully saturated rings. The van der Waals surface area contributed by atoms with Crippen LogP contribution in [0.3, 0.4) is 0 Å². The van der Waals surface area contributed by atoms with Gasteiger partial charge in [-0.2, -0.15) is 0 Å². The number of aliphatic carboxylic acids is 1. The maximum Gasteiger partial charge on any atom is 0.310 e. The van der Waals surface area contributed by atoms with Crippen LogP contribution in [-0.2, 0) is 11.3 Å². The van der Waals surface area contributed by atoms with Crippen LogP contribution in [0.15, 0.2) is 18.2 Å². The Kier molecular flexibility index (Phi) is 4.11. The smallest absolute Gasteiger partial charge is 0.310 e. The number of carboxylic acid groups (broad SMARTS) is 1. The Hall–Kier alpha value is -1.13. The Bertz CT molecular complexity index is 474. The number of carboxylic acids is 1. The lowest BCUT2D eigenvalue weighted by molar-refractivity contribution is -0.148. The highest BCUT2D eigenvalue weighted by Gasteiger charge is 2.43. The fourth-order valence-corrected chi connectivity index (χ4v) is 2.91. The lowest BCUT2D eigenvalue weighted by Gasteiger charge is -2.23. The SMILES string of the molecule is CCC1(C(=O)O)CCN(Cc2cc(F)cc(Cl)c2)C1. The second-order valence-corrected chi connectivity index (χ2v) is 5.61. The molecule has 1 aliphatic rings. The highest BCUT2D eigenvalue weighted by molar-refractivity contribution is 6.30. The van der Waals surface area contributed by atoms with Gasteiger partial charge in [0.15, 0.2) is 0 Å². The van der Waals surface area contributed by atoms with Crippen molar-refractivity contribution in [1.29, 1.82) is 0 Å². The van der Waals surface area contributed by atoms with Gasteiger partial charge < -0.3 is 5.11 Å².